The Morgan fingerprint density at radius 2 is 2.14 bits per heavy atom. The standard InChI is InChI=1S/C11H17BrO2/c1-10-5-4-7(6-8(10)12)11(10,2)9(13)14-3/h7-8H,4-6H2,1-3H3. The molecule has 0 saturated heterocycles. The van der Waals surface area contributed by atoms with Crippen molar-refractivity contribution < 1.29 is 9.53 Å². The summed E-state index contributed by atoms with van der Waals surface area (Å²) in [6.45, 7) is 4.30. The second-order valence-corrected chi connectivity index (χ2v) is 6.16. The van der Waals surface area contributed by atoms with Crippen molar-refractivity contribution in [3.05, 3.63) is 0 Å². The molecule has 0 radical (unpaired) electrons. The van der Waals surface area contributed by atoms with Crippen LogP contribution in [0.25, 0.3) is 0 Å². The Balaban J connectivity index is 2.41. The Bertz CT molecular complexity index is 278. The molecule has 2 rings (SSSR count). The molecule has 0 amide bonds. The van der Waals surface area contributed by atoms with Crippen molar-refractivity contribution in [1.29, 1.82) is 0 Å². The molecule has 2 nitrogen and oxygen atoms in total. The third-order valence-corrected chi connectivity index (χ3v) is 6.19. The summed E-state index contributed by atoms with van der Waals surface area (Å²) in [6, 6.07) is 0. The van der Waals surface area contributed by atoms with Gasteiger partial charge in [-0.2, -0.15) is 0 Å². The molecule has 2 fully saturated rings. The number of hydrogen-bond donors (Lipinski definition) is 0. The number of esters is 1. The molecule has 0 N–H and O–H groups in total. The first kappa shape index (κ1) is 10.5. The van der Waals surface area contributed by atoms with Crippen LogP contribution in [0.5, 0.6) is 0 Å². The van der Waals surface area contributed by atoms with Gasteiger partial charge in [0, 0.05) is 4.83 Å². The van der Waals surface area contributed by atoms with E-state index in [9.17, 15) is 4.79 Å². The quantitative estimate of drug-likeness (QED) is 0.536. The van der Waals surface area contributed by atoms with E-state index in [2.05, 4.69) is 29.8 Å². The average molecular weight is 261 g/mol. The van der Waals surface area contributed by atoms with Gasteiger partial charge in [0.25, 0.3) is 0 Å². The lowest BCUT2D eigenvalue weighted by Gasteiger charge is -2.37. The van der Waals surface area contributed by atoms with E-state index >= 15 is 0 Å². The molecule has 0 spiro atoms. The van der Waals surface area contributed by atoms with E-state index in [1.807, 2.05) is 0 Å². The van der Waals surface area contributed by atoms with E-state index in [-0.39, 0.29) is 16.8 Å². The molecule has 4 unspecified atom stereocenters. The Morgan fingerprint density at radius 1 is 1.50 bits per heavy atom. The predicted octanol–water partition coefficient (Wildman–Crippen LogP) is 2.75. The zero-order valence-electron chi connectivity index (χ0n) is 8.97. The first-order valence-electron chi connectivity index (χ1n) is 5.19. The van der Waals surface area contributed by atoms with Crippen molar-refractivity contribution in [1.82, 2.24) is 0 Å². The SMILES string of the molecule is COC(=O)C1(C)C2CCC1(C)C(Br)C2. The highest BCUT2D eigenvalue weighted by molar-refractivity contribution is 9.09. The number of carbonyl (C=O) groups is 1. The molecule has 80 valence electrons. The Labute approximate surface area is 93.5 Å². The van der Waals surface area contributed by atoms with Crippen LogP contribution in [-0.2, 0) is 9.53 Å². The first-order chi connectivity index (χ1) is 6.46. The van der Waals surface area contributed by atoms with E-state index in [0.717, 1.165) is 12.8 Å². The Kier molecular flexibility index (Phi) is 2.22. The lowest BCUT2D eigenvalue weighted by Crippen LogP contribution is -2.42. The van der Waals surface area contributed by atoms with Crippen LogP contribution in [0, 0.1) is 16.7 Å². The molecule has 2 bridgehead atoms. The highest BCUT2D eigenvalue weighted by Gasteiger charge is 2.67. The molecule has 2 aliphatic rings. The highest BCUT2D eigenvalue weighted by Crippen LogP contribution is 2.67. The van der Waals surface area contributed by atoms with Crippen LogP contribution in [0.15, 0.2) is 0 Å². The normalized spacial score (nSPS) is 50.9. The summed E-state index contributed by atoms with van der Waals surface area (Å²) in [6.07, 6.45) is 3.42. The third-order valence-electron chi connectivity index (χ3n) is 4.81. The molecule has 0 aromatic heterocycles. The van der Waals surface area contributed by atoms with Crippen LogP contribution >= 0.6 is 15.9 Å². The molecule has 0 aliphatic heterocycles. The van der Waals surface area contributed by atoms with E-state index in [0.29, 0.717) is 10.7 Å². The van der Waals surface area contributed by atoms with Gasteiger partial charge < -0.3 is 4.74 Å². The zero-order valence-corrected chi connectivity index (χ0v) is 10.6. The predicted molar refractivity (Wildman–Crippen MR) is 58.3 cm³/mol. The van der Waals surface area contributed by atoms with Crippen LogP contribution in [0.1, 0.15) is 33.1 Å². The monoisotopic (exact) mass is 260 g/mol. The van der Waals surface area contributed by atoms with Crippen LogP contribution < -0.4 is 0 Å². The number of methoxy groups -OCH3 is 1. The molecule has 0 aromatic rings. The van der Waals surface area contributed by atoms with Crippen molar-refractivity contribution in [2.45, 2.75) is 37.9 Å². The second kappa shape index (κ2) is 2.97. The number of alkyl halides is 1. The van der Waals surface area contributed by atoms with Gasteiger partial charge in [-0.25, -0.2) is 0 Å². The largest absolute Gasteiger partial charge is 0.469 e. The molecule has 4 atom stereocenters. The highest BCUT2D eigenvalue weighted by atomic mass is 79.9. The molecular weight excluding hydrogens is 244 g/mol. The van der Waals surface area contributed by atoms with Crippen LogP contribution in [0.3, 0.4) is 0 Å². The third kappa shape index (κ3) is 0.944. The van der Waals surface area contributed by atoms with Gasteiger partial charge in [0.05, 0.1) is 12.5 Å². The Morgan fingerprint density at radius 3 is 2.50 bits per heavy atom. The second-order valence-electron chi connectivity index (χ2n) is 5.05. The van der Waals surface area contributed by atoms with Gasteiger partial charge in [0.15, 0.2) is 0 Å². The minimum absolute atomic E-state index is 0.0237. The fourth-order valence-electron chi connectivity index (χ4n) is 3.45. The van der Waals surface area contributed by atoms with Gasteiger partial charge in [-0.05, 0) is 37.5 Å². The molecule has 0 heterocycles. The fraction of sp³-hybridized carbons (Fsp3) is 0.909. The van der Waals surface area contributed by atoms with Gasteiger partial charge in [-0.3, -0.25) is 4.79 Å². The molecule has 0 aromatic carbocycles. The molecule has 14 heavy (non-hydrogen) atoms. The van der Waals surface area contributed by atoms with Crippen LogP contribution in [-0.4, -0.2) is 17.9 Å². The fourth-order valence-corrected chi connectivity index (χ4v) is 4.60. The lowest BCUT2D eigenvalue weighted by molar-refractivity contribution is -0.157. The summed E-state index contributed by atoms with van der Waals surface area (Å²) in [5.41, 5.74) is -0.180. The van der Waals surface area contributed by atoms with Crippen molar-refractivity contribution in [2.75, 3.05) is 7.11 Å². The number of halogens is 1. The van der Waals surface area contributed by atoms with Crippen molar-refractivity contribution in [2.24, 2.45) is 16.7 Å². The molecule has 3 heteroatoms. The topological polar surface area (TPSA) is 26.3 Å². The maximum Gasteiger partial charge on any atom is 0.312 e. The lowest BCUT2D eigenvalue weighted by atomic mass is 9.69. The molecule has 2 aliphatic carbocycles. The summed E-state index contributed by atoms with van der Waals surface area (Å²) in [5.74, 6) is 0.480. The summed E-state index contributed by atoms with van der Waals surface area (Å²) < 4.78 is 4.97. The minimum Gasteiger partial charge on any atom is -0.469 e. The first-order valence-corrected chi connectivity index (χ1v) is 6.11. The maximum atomic E-state index is 11.9. The van der Waals surface area contributed by atoms with Gasteiger partial charge in [-0.1, -0.05) is 22.9 Å². The van der Waals surface area contributed by atoms with E-state index < -0.39 is 0 Å². The Hall–Kier alpha value is -0.0500. The molecule has 2 saturated carbocycles. The van der Waals surface area contributed by atoms with Gasteiger partial charge in [-0.15, -0.1) is 0 Å². The summed E-state index contributed by atoms with van der Waals surface area (Å²) in [5, 5.41) is 0. The van der Waals surface area contributed by atoms with E-state index in [1.165, 1.54) is 13.5 Å². The minimum atomic E-state index is -0.268. The summed E-state index contributed by atoms with van der Waals surface area (Å²) >= 11 is 3.72. The van der Waals surface area contributed by atoms with Gasteiger partial charge in [0.2, 0.25) is 0 Å². The van der Waals surface area contributed by atoms with Crippen LogP contribution in [0.2, 0.25) is 0 Å². The number of hydrogen-bond acceptors (Lipinski definition) is 2. The smallest absolute Gasteiger partial charge is 0.312 e. The van der Waals surface area contributed by atoms with Crippen LogP contribution in [0.4, 0.5) is 0 Å². The maximum absolute atomic E-state index is 11.9. The van der Waals surface area contributed by atoms with Crippen molar-refractivity contribution >= 4 is 21.9 Å². The number of carbonyl (C=O) groups excluding carboxylic acids is 1. The zero-order chi connectivity index (χ0) is 10.6. The number of ether oxygens (including phenoxy) is 1. The average Bonchev–Trinajstić information content (AvgIpc) is 2.52. The van der Waals surface area contributed by atoms with E-state index in [4.69, 9.17) is 4.74 Å². The number of rotatable bonds is 1. The summed E-state index contributed by atoms with van der Waals surface area (Å²) in [4.78, 5) is 12.4. The van der Waals surface area contributed by atoms with Crippen molar-refractivity contribution in [3.63, 3.8) is 0 Å². The number of fused-ring (bicyclic) bond motifs is 2. The van der Waals surface area contributed by atoms with Gasteiger partial charge in [0.1, 0.15) is 0 Å². The van der Waals surface area contributed by atoms with Gasteiger partial charge >= 0.3 is 5.97 Å². The van der Waals surface area contributed by atoms with Crippen molar-refractivity contribution in [3.8, 4) is 0 Å². The van der Waals surface area contributed by atoms with E-state index in [1.54, 1.807) is 0 Å². The summed E-state index contributed by atoms with van der Waals surface area (Å²) in [7, 11) is 1.50. The molecular formula is C11H17BrO2.